The summed E-state index contributed by atoms with van der Waals surface area (Å²) in [6.45, 7) is 7.23. The van der Waals surface area contributed by atoms with Crippen LogP contribution in [0.25, 0.3) is 32.6 Å². The lowest BCUT2D eigenvalue weighted by atomic mass is 9.91. The summed E-state index contributed by atoms with van der Waals surface area (Å²) in [6.07, 6.45) is 10.5. The Morgan fingerprint density at radius 2 is 2.29 bits per heavy atom. The molecule has 2 aliphatic rings. The van der Waals surface area contributed by atoms with Crippen molar-refractivity contribution >= 4 is 16.6 Å². The molecule has 0 aromatic carbocycles. The summed E-state index contributed by atoms with van der Waals surface area (Å²) >= 11 is 0. The highest BCUT2D eigenvalue weighted by atomic mass is 16.5. The van der Waals surface area contributed by atoms with Gasteiger partial charge < -0.3 is 14.6 Å². The fourth-order valence-electron chi connectivity index (χ4n) is 3.69. The number of H-pyrrole nitrogens is 1. The molecule has 1 N–H and O–H groups in total. The van der Waals surface area contributed by atoms with Gasteiger partial charge in [0.15, 0.2) is 6.10 Å². The van der Waals surface area contributed by atoms with Crippen molar-refractivity contribution in [2.45, 2.75) is 24.7 Å². The maximum absolute atomic E-state index is 7.23. The number of nitrogens with zero attached hydrogens (tertiary/aromatic N) is 4. The van der Waals surface area contributed by atoms with Gasteiger partial charge >= 0.3 is 0 Å². The third-order valence-electron chi connectivity index (χ3n) is 4.89. The van der Waals surface area contributed by atoms with E-state index in [1.165, 1.54) is 0 Å². The van der Waals surface area contributed by atoms with Gasteiger partial charge in [0.25, 0.3) is 6.04 Å². The van der Waals surface area contributed by atoms with Gasteiger partial charge in [0, 0.05) is 42.2 Å². The fourth-order valence-corrected chi connectivity index (χ4v) is 3.69. The van der Waals surface area contributed by atoms with Crippen molar-refractivity contribution in [1.29, 1.82) is 0 Å². The van der Waals surface area contributed by atoms with E-state index in [0.717, 1.165) is 39.7 Å². The van der Waals surface area contributed by atoms with E-state index in [-0.39, 0.29) is 18.2 Å². The summed E-state index contributed by atoms with van der Waals surface area (Å²) in [5.41, 5.74) is 5.25. The molecule has 0 radical (unpaired) electrons. The lowest BCUT2D eigenvalue weighted by molar-refractivity contribution is 0.123. The maximum atomic E-state index is 7.23. The molecule has 0 amide bonds. The van der Waals surface area contributed by atoms with Crippen LogP contribution in [0.4, 0.5) is 0 Å². The zero-order valence-corrected chi connectivity index (χ0v) is 13.1. The summed E-state index contributed by atoms with van der Waals surface area (Å²) in [5, 5.41) is 5.33. The first kappa shape index (κ1) is 13.5. The molecule has 0 saturated carbocycles. The van der Waals surface area contributed by atoms with E-state index < -0.39 is 0 Å². The highest BCUT2D eigenvalue weighted by Crippen LogP contribution is 2.41. The smallest absolute Gasteiger partial charge is 0.255 e. The average molecular weight is 317 g/mol. The van der Waals surface area contributed by atoms with Crippen LogP contribution in [0.1, 0.15) is 12.0 Å². The normalized spacial score (nSPS) is 25.2. The van der Waals surface area contributed by atoms with Gasteiger partial charge in [-0.15, -0.1) is 0 Å². The van der Waals surface area contributed by atoms with Crippen LogP contribution in [0.15, 0.2) is 36.9 Å². The maximum Gasteiger partial charge on any atom is 0.255 e. The van der Waals surface area contributed by atoms with Crippen molar-refractivity contribution in [2.24, 2.45) is 7.05 Å². The van der Waals surface area contributed by atoms with E-state index in [9.17, 15) is 0 Å². The molecule has 5 heterocycles. The predicted molar refractivity (Wildman–Crippen MR) is 89.9 cm³/mol. The SMILES string of the molecule is [C-]#[N+][C@@H]1C[C@H]2O[C@@H]1C=C2c1cnc2[nH]cc(-c3cnn(C)c3)c2c1. The Kier molecular flexibility index (Phi) is 2.70. The second kappa shape index (κ2) is 4.79. The van der Waals surface area contributed by atoms with Gasteiger partial charge in [-0.25, -0.2) is 11.6 Å². The van der Waals surface area contributed by atoms with Gasteiger partial charge in [-0.2, -0.15) is 5.10 Å². The molecule has 3 aromatic heterocycles. The number of aromatic nitrogens is 4. The van der Waals surface area contributed by atoms with Gasteiger partial charge in [0.05, 0.1) is 18.7 Å². The van der Waals surface area contributed by atoms with Crippen molar-refractivity contribution in [1.82, 2.24) is 19.7 Å². The van der Waals surface area contributed by atoms with Crippen LogP contribution in [-0.2, 0) is 11.8 Å². The lowest BCUT2D eigenvalue weighted by Crippen LogP contribution is -2.16. The molecule has 6 heteroatoms. The minimum absolute atomic E-state index is 0.0223. The second-order valence-corrected chi connectivity index (χ2v) is 6.37. The quantitative estimate of drug-likeness (QED) is 0.739. The Morgan fingerprint density at radius 1 is 1.38 bits per heavy atom. The summed E-state index contributed by atoms with van der Waals surface area (Å²) in [4.78, 5) is 11.4. The number of hydrogen-bond donors (Lipinski definition) is 1. The number of hydrogen-bond acceptors (Lipinski definition) is 3. The standard InChI is InChI=1S/C18H15N5O/c1-19-15-5-16-12(4-17(15)24-16)10-3-13-14(8-21-18(13)20-6-10)11-7-22-23(2)9-11/h3-4,6-9,15-17H,5H2,2H3,(H,20,21)/t15-,16-,17-/m1/s1. The second-order valence-electron chi connectivity index (χ2n) is 6.37. The zero-order chi connectivity index (χ0) is 16.3. The van der Waals surface area contributed by atoms with E-state index in [1.54, 1.807) is 4.68 Å². The van der Waals surface area contributed by atoms with Crippen LogP contribution in [0, 0.1) is 6.57 Å². The van der Waals surface area contributed by atoms with Gasteiger partial charge in [-0.3, -0.25) is 4.68 Å². The van der Waals surface area contributed by atoms with Crippen molar-refractivity contribution in [2.75, 3.05) is 0 Å². The van der Waals surface area contributed by atoms with Crippen molar-refractivity contribution in [3.63, 3.8) is 0 Å². The van der Waals surface area contributed by atoms with E-state index >= 15 is 0 Å². The Morgan fingerprint density at radius 3 is 3.00 bits per heavy atom. The third kappa shape index (κ3) is 1.85. The Labute approximate surface area is 138 Å². The van der Waals surface area contributed by atoms with Crippen molar-refractivity contribution < 1.29 is 4.74 Å². The summed E-state index contributed by atoms with van der Waals surface area (Å²) in [6, 6.07) is 2.12. The first-order chi connectivity index (χ1) is 11.7. The highest BCUT2D eigenvalue weighted by molar-refractivity contribution is 5.95. The lowest BCUT2D eigenvalue weighted by Gasteiger charge is -2.11. The Bertz CT molecular complexity index is 1020. The first-order valence-electron chi connectivity index (χ1n) is 7.93. The van der Waals surface area contributed by atoms with Crippen LogP contribution < -0.4 is 0 Å². The summed E-state index contributed by atoms with van der Waals surface area (Å²) < 4.78 is 7.69. The largest absolute Gasteiger partial charge is 0.358 e. The van der Waals surface area contributed by atoms with Crippen LogP contribution in [0.3, 0.4) is 0 Å². The first-order valence-corrected chi connectivity index (χ1v) is 7.93. The highest BCUT2D eigenvalue weighted by Gasteiger charge is 2.46. The van der Waals surface area contributed by atoms with Gasteiger partial charge in [-0.05, 0) is 23.3 Å². The average Bonchev–Trinajstić information content (AvgIpc) is 3.35. The number of nitrogens with one attached hydrogen (secondary N) is 1. The Hall–Kier alpha value is -2.91. The number of fused-ring (bicyclic) bond motifs is 3. The minimum Gasteiger partial charge on any atom is -0.358 e. The molecule has 3 atom stereocenters. The van der Waals surface area contributed by atoms with Gasteiger partial charge in [0.1, 0.15) is 5.65 Å². The molecule has 118 valence electrons. The fraction of sp³-hybridized carbons (Fsp3) is 0.278. The number of aryl methyl sites for hydroxylation is 1. The Balaban J connectivity index is 1.60. The van der Waals surface area contributed by atoms with Crippen molar-refractivity contribution in [3.8, 4) is 11.1 Å². The number of ether oxygens (including phenoxy) is 1. The zero-order valence-electron chi connectivity index (χ0n) is 13.1. The molecule has 24 heavy (non-hydrogen) atoms. The van der Waals surface area contributed by atoms with Crippen LogP contribution >= 0.6 is 0 Å². The number of aromatic amines is 1. The monoisotopic (exact) mass is 317 g/mol. The summed E-state index contributed by atoms with van der Waals surface area (Å²) in [7, 11) is 1.91. The van der Waals surface area contributed by atoms with Crippen LogP contribution in [-0.4, -0.2) is 38.0 Å². The molecule has 2 bridgehead atoms. The molecule has 2 aliphatic heterocycles. The van der Waals surface area contributed by atoms with Crippen molar-refractivity contribution in [3.05, 3.63) is 53.9 Å². The predicted octanol–water partition coefficient (Wildman–Crippen LogP) is 2.81. The molecule has 5 rings (SSSR count). The molecular weight excluding hydrogens is 302 g/mol. The molecule has 3 aromatic rings. The molecule has 0 spiro atoms. The van der Waals surface area contributed by atoms with E-state index in [4.69, 9.17) is 11.3 Å². The van der Waals surface area contributed by atoms with Crippen LogP contribution in [0.2, 0.25) is 0 Å². The van der Waals surface area contributed by atoms with Crippen LogP contribution in [0.5, 0.6) is 0 Å². The molecule has 0 aliphatic carbocycles. The van der Waals surface area contributed by atoms with E-state index in [2.05, 4.69) is 32.1 Å². The number of rotatable bonds is 2. The molecule has 1 saturated heterocycles. The topological polar surface area (TPSA) is 60.1 Å². The molecular formula is C18H15N5O. The van der Waals surface area contributed by atoms with Gasteiger partial charge in [0.2, 0.25) is 0 Å². The minimum atomic E-state index is -0.0674. The molecule has 0 unspecified atom stereocenters. The van der Waals surface area contributed by atoms with E-state index in [0.29, 0.717) is 0 Å². The number of pyridine rings is 1. The summed E-state index contributed by atoms with van der Waals surface area (Å²) in [5.74, 6) is 0. The van der Waals surface area contributed by atoms with Gasteiger partial charge in [-0.1, -0.05) is 0 Å². The molecule has 6 nitrogen and oxygen atoms in total. The third-order valence-corrected chi connectivity index (χ3v) is 4.89. The van der Waals surface area contributed by atoms with E-state index in [1.807, 2.05) is 31.8 Å². The molecule has 1 fully saturated rings.